The Morgan fingerprint density at radius 2 is 1.90 bits per heavy atom. The Labute approximate surface area is 176 Å². The molecule has 5 atom stereocenters. The van der Waals surface area contributed by atoms with Crippen LogP contribution in [0.2, 0.25) is 0 Å². The third-order valence-corrected chi connectivity index (χ3v) is 9.48. The highest BCUT2D eigenvalue weighted by molar-refractivity contribution is 7.57. The van der Waals surface area contributed by atoms with Crippen molar-refractivity contribution < 1.29 is 24.5 Å². The van der Waals surface area contributed by atoms with Crippen molar-refractivity contribution in [3.63, 3.8) is 0 Å². The molecule has 2 rings (SSSR count). The summed E-state index contributed by atoms with van der Waals surface area (Å²) < 4.78 is 11.7. The normalized spacial score (nSPS) is 29.7. The van der Waals surface area contributed by atoms with Gasteiger partial charge in [-0.3, -0.25) is 9.36 Å². The number of carbonyl (C=O) groups is 1. The molecule has 2 aliphatic rings. The highest BCUT2D eigenvalue weighted by Crippen LogP contribution is 2.47. The minimum atomic E-state index is -2.92. The van der Waals surface area contributed by atoms with Crippen LogP contribution >= 0.6 is 7.37 Å². The average Bonchev–Trinajstić information content (AvgIpc) is 2.91. The molecule has 5 nitrogen and oxygen atoms in total. The first-order chi connectivity index (χ1) is 13.7. The third kappa shape index (κ3) is 6.75. The van der Waals surface area contributed by atoms with Crippen molar-refractivity contribution in [2.75, 3.05) is 12.3 Å². The summed E-state index contributed by atoms with van der Waals surface area (Å²) in [5.74, 6) is -0.143. The molecular formula is C23H41O5P. The van der Waals surface area contributed by atoms with Crippen LogP contribution in [0.3, 0.4) is 0 Å². The molecule has 5 unspecified atom stereocenters. The lowest BCUT2D eigenvalue weighted by Crippen LogP contribution is -2.40. The zero-order valence-electron chi connectivity index (χ0n) is 18.3. The lowest BCUT2D eigenvalue weighted by Gasteiger charge is -2.45. The summed E-state index contributed by atoms with van der Waals surface area (Å²) >= 11 is 0. The monoisotopic (exact) mass is 428 g/mol. The van der Waals surface area contributed by atoms with Crippen LogP contribution < -0.4 is 0 Å². The van der Waals surface area contributed by atoms with Gasteiger partial charge in [0.05, 0.1) is 12.2 Å². The van der Waals surface area contributed by atoms with Gasteiger partial charge in [0.15, 0.2) is 7.37 Å². The number of hydrogen-bond acceptors (Lipinski definition) is 4. The quantitative estimate of drug-likeness (QED) is 0.225. The largest absolute Gasteiger partial charge is 0.392 e. The molecule has 0 aromatic heterocycles. The molecule has 0 bridgehead atoms. The molecule has 2 fully saturated rings. The molecule has 0 aromatic rings. The van der Waals surface area contributed by atoms with E-state index < -0.39 is 13.5 Å². The number of ketones is 1. The Morgan fingerprint density at radius 3 is 2.48 bits per heavy atom. The first-order valence-electron chi connectivity index (χ1n) is 11.6. The molecule has 0 radical (unpaired) electrons. The first kappa shape index (κ1) is 24.8. The molecule has 0 aromatic carbocycles. The minimum Gasteiger partial charge on any atom is -0.392 e. The summed E-state index contributed by atoms with van der Waals surface area (Å²) in [4.78, 5) is 21.9. The van der Waals surface area contributed by atoms with Gasteiger partial charge in [-0.15, -0.1) is 0 Å². The smallest absolute Gasteiger partial charge is 0.200 e. The highest BCUT2D eigenvalue weighted by Gasteiger charge is 2.42. The van der Waals surface area contributed by atoms with Crippen LogP contribution in [0.4, 0.5) is 0 Å². The molecule has 2 aliphatic carbocycles. The van der Waals surface area contributed by atoms with E-state index >= 15 is 0 Å². The van der Waals surface area contributed by atoms with Crippen LogP contribution in [0.15, 0.2) is 12.2 Å². The minimum absolute atomic E-state index is 0.0736. The van der Waals surface area contributed by atoms with Crippen LogP contribution in [-0.2, 0) is 9.36 Å². The third-order valence-electron chi connectivity index (χ3n) is 7.48. The van der Waals surface area contributed by atoms with Gasteiger partial charge in [0, 0.05) is 30.6 Å². The van der Waals surface area contributed by atoms with Crippen LogP contribution in [0.25, 0.3) is 0 Å². The van der Waals surface area contributed by atoms with Gasteiger partial charge in [-0.2, -0.15) is 0 Å². The van der Waals surface area contributed by atoms with Crippen molar-refractivity contribution in [3.05, 3.63) is 12.2 Å². The molecule has 0 aliphatic heterocycles. The zero-order valence-corrected chi connectivity index (χ0v) is 19.2. The average molecular weight is 429 g/mol. The van der Waals surface area contributed by atoms with Crippen LogP contribution in [0.5, 0.6) is 0 Å². The number of unbranched alkanes of at least 4 members (excludes halogenated alkanes) is 3. The summed E-state index contributed by atoms with van der Waals surface area (Å²) in [6, 6.07) is 0. The number of carbonyl (C=O) groups excluding carboxylic acids is 1. The second kappa shape index (κ2) is 11.2. The predicted octanol–water partition coefficient (Wildman–Crippen LogP) is 4.68. The number of aliphatic hydroxyl groups excluding tert-OH is 2. The summed E-state index contributed by atoms with van der Waals surface area (Å²) in [5.41, 5.74) is 0.0736. The summed E-state index contributed by atoms with van der Waals surface area (Å²) in [6.07, 6.45) is 13.2. The fraction of sp³-hybridized carbons (Fsp3) is 0.870. The Balaban J connectivity index is 1.76. The van der Waals surface area contributed by atoms with E-state index in [-0.39, 0.29) is 35.6 Å². The zero-order chi connectivity index (χ0) is 21.5. The molecule has 0 amide bonds. The molecular weight excluding hydrogens is 387 g/mol. The van der Waals surface area contributed by atoms with Gasteiger partial charge in [0.1, 0.15) is 5.78 Å². The first-order valence-corrected chi connectivity index (χ1v) is 13.6. The highest BCUT2D eigenvalue weighted by atomic mass is 31.2. The van der Waals surface area contributed by atoms with Crippen molar-refractivity contribution in [2.45, 2.75) is 96.7 Å². The second-order valence-electron chi connectivity index (χ2n) is 9.26. The number of hydrogen-bond donors (Lipinski definition) is 3. The second-order valence-corrected chi connectivity index (χ2v) is 12.0. The fourth-order valence-corrected chi connectivity index (χ4v) is 6.03. The van der Waals surface area contributed by atoms with Gasteiger partial charge in [-0.25, -0.2) is 0 Å². The van der Waals surface area contributed by atoms with Crippen molar-refractivity contribution in [2.24, 2.45) is 17.3 Å². The van der Waals surface area contributed by atoms with Crippen LogP contribution in [0, 0.1) is 17.3 Å². The van der Waals surface area contributed by atoms with Crippen molar-refractivity contribution in [1.29, 1.82) is 0 Å². The maximum atomic E-state index is 12.3. The molecule has 3 N–H and O–H groups in total. The van der Waals surface area contributed by atoms with E-state index in [1.54, 1.807) is 6.92 Å². The standard InChI is InChI=1S/C23H41O5P/c1-3-23(14-10-15-23)22(26)13-9-12-19-18(20(24)17-21(19)25)11-7-5-6-8-16-29(27,28)4-2/h9,12,18-19,21-22,25-26H,3-8,10-11,13-17H2,1-2H3,(H,27,28)/b12-9+. The lowest BCUT2D eigenvalue weighted by atomic mass is 9.63. The molecule has 2 saturated carbocycles. The predicted molar refractivity (Wildman–Crippen MR) is 117 cm³/mol. The molecule has 0 saturated heterocycles. The van der Waals surface area contributed by atoms with Gasteiger partial charge in [0.25, 0.3) is 0 Å². The van der Waals surface area contributed by atoms with E-state index in [0.717, 1.165) is 51.4 Å². The Hall–Kier alpha value is -0.480. The van der Waals surface area contributed by atoms with Gasteiger partial charge in [0.2, 0.25) is 0 Å². The number of rotatable bonds is 13. The maximum Gasteiger partial charge on any atom is 0.200 e. The van der Waals surface area contributed by atoms with Crippen molar-refractivity contribution >= 4 is 13.2 Å². The van der Waals surface area contributed by atoms with E-state index in [1.807, 2.05) is 12.2 Å². The fourth-order valence-electron chi connectivity index (χ4n) is 4.99. The van der Waals surface area contributed by atoms with Gasteiger partial charge >= 0.3 is 0 Å². The summed E-state index contributed by atoms with van der Waals surface area (Å²) in [6.45, 7) is 3.89. The van der Waals surface area contributed by atoms with E-state index in [0.29, 0.717) is 18.7 Å². The van der Waals surface area contributed by atoms with Gasteiger partial charge in [-0.05, 0) is 43.9 Å². The molecule has 0 heterocycles. The van der Waals surface area contributed by atoms with E-state index in [4.69, 9.17) is 0 Å². The molecule has 0 spiro atoms. The molecule has 168 valence electrons. The summed E-state index contributed by atoms with van der Waals surface area (Å²) in [5, 5.41) is 20.9. The van der Waals surface area contributed by atoms with E-state index in [1.165, 1.54) is 6.42 Å². The summed E-state index contributed by atoms with van der Waals surface area (Å²) in [7, 11) is -2.92. The number of Topliss-reactive ketones (excluding diaryl/α,β-unsaturated/α-hetero) is 1. The van der Waals surface area contributed by atoms with Crippen molar-refractivity contribution in [3.8, 4) is 0 Å². The van der Waals surface area contributed by atoms with E-state index in [9.17, 15) is 24.5 Å². The van der Waals surface area contributed by atoms with Crippen LogP contribution in [0.1, 0.15) is 84.5 Å². The van der Waals surface area contributed by atoms with Gasteiger partial charge < -0.3 is 15.1 Å². The molecule has 6 heteroatoms. The van der Waals surface area contributed by atoms with Crippen LogP contribution in [-0.4, -0.2) is 45.4 Å². The topological polar surface area (TPSA) is 94.8 Å². The van der Waals surface area contributed by atoms with E-state index in [2.05, 4.69) is 6.92 Å². The lowest BCUT2D eigenvalue weighted by molar-refractivity contribution is -0.121. The Kier molecular flexibility index (Phi) is 9.60. The molecule has 29 heavy (non-hydrogen) atoms. The maximum absolute atomic E-state index is 12.3. The number of aliphatic hydroxyl groups is 2. The van der Waals surface area contributed by atoms with Gasteiger partial charge in [-0.1, -0.05) is 51.7 Å². The Morgan fingerprint density at radius 1 is 1.21 bits per heavy atom. The van der Waals surface area contributed by atoms with Crippen molar-refractivity contribution in [1.82, 2.24) is 0 Å². The Bertz CT molecular complexity index is 593. The SMILES string of the molecule is CCC1(C(O)C/C=C/C2C(O)CC(=O)C2CCCCCCP(=O)(O)CC)CCC1.